The number of hydrogen-bond acceptors (Lipinski definition) is 4. The smallest absolute Gasteiger partial charge is 0.416 e. The third-order valence-corrected chi connectivity index (χ3v) is 7.56. The van der Waals surface area contributed by atoms with Crippen molar-refractivity contribution in [1.29, 1.82) is 0 Å². The summed E-state index contributed by atoms with van der Waals surface area (Å²) in [7, 11) is 0. The quantitative estimate of drug-likeness (QED) is 0.219. The highest BCUT2D eigenvalue weighted by molar-refractivity contribution is 5.96. The maximum atomic E-state index is 14.1. The molecule has 0 bridgehead atoms. The molecule has 1 saturated heterocycles. The van der Waals surface area contributed by atoms with Crippen LogP contribution in [0.25, 0.3) is 10.9 Å². The summed E-state index contributed by atoms with van der Waals surface area (Å²) < 4.78 is 89.6. The van der Waals surface area contributed by atoms with Gasteiger partial charge in [-0.3, -0.25) is 9.78 Å². The molecule has 1 N–H and O–H groups in total. The van der Waals surface area contributed by atoms with Crippen LogP contribution in [0.2, 0.25) is 0 Å². The van der Waals surface area contributed by atoms with Gasteiger partial charge in [0.2, 0.25) is 0 Å². The van der Waals surface area contributed by atoms with Gasteiger partial charge in [0.05, 0.1) is 34.9 Å². The van der Waals surface area contributed by atoms with Crippen LogP contribution in [0.3, 0.4) is 0 Å². The number of carboxylic acids is 1. The highest BCUT2D eigenvalue weighted by atomic mass is 19.4. The number of carbonyl (C=O) groups is 2. The lowest BCUT2D eigenvalue weighted by atomic mass is 9.90. The highest BCUT2D eigenvalue weighted by Crippen LogP contribution is 2.40. The summed E-state index contributed by atoms with van der Waals surface area (Å²) in [4.78, 5) is 30.4. The molecule has 1 fully saturated rings. The van der Waals surface area contributed by atoms with Gasteiger partial charge >= 0.3 is 18.3 Å². The Hall–Kier alpha value is -4.45. The summed E-state index contributed by atoms with van der Waals surface area (Å²) in [5.74, 6) is -2.20. The molecule has 44 heavy (non-hydrogen) atoms. The number of carbonyl (C=O) groups excluding carboxylic acids is 1. The third-order valence-electron chi connectivity index (χ3n) is 7.56. The first-order valence-corrected chi connectivity index (χ1v) is 13.7. The van der Waals surface area contributed by atoms with Crippen LogP contribution in [0.15, 0.2) is 72.9 Å². The Morgan fingerprint density at radius 3 is 2.20 bits per heavy atom. The lowest BCUT2D eigenvalue weighted by molar-refractivity contribution is -0.143. The number of amides is 1. The largest absolute Gasteiger partial charge is 0.478 e. The maximum Gasteiger partial charge on any atom is 0.416 e. The molecule has 3 aromatic carbocycles. The van der Waals surface area contributed by atoms with E-state index in [4.69, 9.17) is 9.84 Å². The van der Waals surface area contributed by atoms with Crippen LogP contribution >= 0.6 is 0 Å². The Balaban J connectivity index is 1.37. The standard InChI is InChI=1S/C32H26F6N2O4/c33-31(34,35)23-15-26(25(27(16-23)32(36,37)38)14-19-5-7-21(8-6-19)30(42)43)29(41)40-11-9-24(10-12-40)44-18-20-13-22-3-1-2-4-28(22)39-17-20/h1-8,13,15-17,24H,9-12,14,18H2,(H,42,43). The van der Waals surface area contributed by atoms with E-state index < -0.39 is 52.9 Å². The summed E-state index contributed by atoms with van der Waals surface area (Å²) in [5.41, 5.74) is -2.70. The molecule has 0 atom stereocenters. The first-order chi connectivity index (χ1) is 20.8. The Morgan fingerprint density at radius 1 is 0.886 bits per heavy atom. The number of hydrogen-bond donors (Lipinski definition) is 1. The van der Waals surface area contributed by atoms with E-state index >= 15 is 0 Å². The molecule has 1 aliphatic heterocycles. The van der Waals surface area contributed by atoms with Crippen molar-refractivity contribution in [3.05, 3.63) is 112 Å². The van der Waals surface area contributed by atoms with Crippen LogP contribution < -0.4 is 0 Å². The number of alkyl halides is 6. The van der Waals surface area contributed by atoms with Crippen molar-refractivity contribution in [1.82, 2.24) is 9.88 Å². The second-order valence-electron chi connectivity index (χ2n) is 10.6. The number of aromatic carboxylic acids is 1. The second-order valence-corrected chi connectivity index (χ2v) is 10.6. The predicted molar refractivity (Wildman–Crippen MR) is 148 cm³/mol. The Labute approximate surface area is 247 Å². The van der Waals surface area contributed by atoms with E-state index in [-0.39, 0.29) is 43.0 Å². The van der Waals surface area contributed by atoms with Gasteiger partial charge in [0.1, 0.15) is 0 Å². The minimum atomic E-state index is -5.19. The summed E-state index contributed by atoms with van der Waals surface area (Å²) in [6, 6.07) is 14.9. The zero-order valence-electron chi connectivity index (χ0n) is 23.1. The van der Waals surface area contributed by atoms with Crippen molar-refractivity contribution in [3.63, 3.8) is 0 Å². The van der Waals surface area contributed by atoms with Gasteiger partial charge in [-0.15, -0.1) is 0 Å². The number of para-hydroxylation sites is 1. The number of piperidine rings is 1. The Morgan fingerprint density at radius 2 is 1.57 bits per heavy atom. The van der Waals surface area contributed by atoms with E-state index in [1.165, 1.54) is 29.2 Å². The van der Waals surface area contributed by atoms with E-state index in [2.05, 4.69) is 4.98 Å². The van der Waals surface area contributed by atoms with Gasteiger partial charge < -0.3 is 14.7 Å². The number of pyridine rings is 1. The Bertz CT molecular complexity index is 1680. The third kappa shape index (κ3) is 7.02. The molecule has 6 nitrogen and oxygen atoms in total. The number of halogens is 6. The van der Waals surface area contributed by atoms with Gasteiger partial charge in [-0.1, -0.05) is 30.3 Å². The van der Waals surface area contributed by atoms with Crippen molar-refractivity contribution in [3.8, 4) is 0 Å². The summed E-state index contributed by atoms with van der Waals surface area (Å²) in [6.45, 7) is 0.400. The van der Waals surface area contributed by atoms with Gasteiger partial charge in [0.15, 0.2) is 0 Å². The number of likely N-dealkylation sites (tertiary alicyclic amines) is 1. The molecule has 5 rings (SSSR count). The summed E-state index contributed by atoms with van der Waals surface area (Å²) in [6.07, 6.45) is -8.75. The minimum absolute atomic E-state index is 0.0133. The van der Waals surface area contributed by atoms with Crippen LogP contribution in [0.4, 0.5) is 26.3 Å². The lowest BCUT2D eigenvalue weighted by Crippen LogP contribution is -2.41. The first kappa shape index (κ1) is 31.0. The first-order valence-electron chi connectivity index (χ1n) is 13.7. The van der Waals surface area contributed by atoms with Crippen LogP contribution in [0.1, 0.15) is 61.4 Å². The molecule has 2 heterocycles. The number of benzene rings is 3. The van der Waals surface area contributed by atoms with Crippen LogP contribution in [0, 0.1) is 0 Å². The number of ether oxygens (including phenoxy) is 1. The van der Waals surface area contributed by atoms with Gasteiger partial charge in [-0.2, -0.15) is 26.3 Å². The number of rotatable bonds is 7. The molecule has 1 amide bonds. The molecule has 0 spiro atoms. The zero-order valence-corrected chi connectivity index (χ0v) is 23.1. The number of carboxylic acid groups (broad SMARTS) is 1. The SMILES string of the molecule is O=C(O)c1ccc(Cc2c(C(=O)N3CCC(OCc4cnc5ccccc5c4)CC3)cc(C(F)(F)F)cc2C(F)(F)F)cc1. The van der Waals surface area contributed by atoms with Crippen LogP contribution in [-0.4, -0.2) is 46.1 Å². The fourth-order valence-corrected chi connectivity index (χ4v) is 5.24. The van der Waals surface area contributed by atoms with Gasteiger partial charge in [-0.05, 0) is 72.4 Å². The number of aromatic nitrogens is 1. The van der Waals surface area contributed by atoms with Gasteiger partial charge in [-0.25, -0.2) is 4.79 Å². The molecular formula is C32H26F6N2O4. The van der Waals surface area contributed by atoms with Crippen molar-refractivity contribution in [2.24, 2.45) is 0 Å². The molecule has 4 aromatic rings. The van der Waals surface area contributed by atoms with E-state index in [0.29, 0.717) is 18.9 Å². The number of fused-ring (bicyclic) bond motifs is 1. The van der Waals surface area contributed by atoms with Gasteiger partial charge in [0, 0.05) is 30.2 Å². The molecule has 12 heteroatoms. The zero-order chi connectivity index (χ0) is 31.6. The van der Waals surface area contributed by atoms with Crippen molar-refractivity contribution >= 4 is 22.8 Å². The van der Waals surface area contributed by atoms with E-state index in [9.17, 15) is 35.9 Å². The normalized spacial score (nSPS) is 14.6. The summed E-state index contributed by atoms with van der Waals surface area (Å²) in [5, 5.41) is 10.1. The van der Waals surface area contributed by atoms with Crippen molar-refractivity contribution < 1.29 is 45.8 Å². The molecule has 0 radical (unpaired) electrons. The molecule has 0 saturated carbocycles. The fourth-order valence-electron chi connectivity index (χ4n) is 5.24. The van der Waals surface area contributed by atoms with E-state index in [1.807, 2.05) is 30.3 Å². The van der Waals surface area contributed by atoms with Crippen molar-refractivity contribution in [2.75, 3.05) is 13.1 Å². The van der Waals surface area contributed by atoms with Crippen molar-refractivity contribution in [2.45, 2.75) is 44.3 Å². The van der Waals surface area contributed by atoms with Gasteiger partial charge in [0.25, 0.3) is 5.91 Å². The maximum absolute atomic E-state index is 14.1. The Kier molecular flexibility index (Phi) is 8.64. The van der Waals surface area contributed by atoms with E-state index in [0.717, 1.165) is 16.5 Å². The minimum Gasteiger partial charge on any atom is -0.478 e. The molecule has 230 valence electrons. The highest BCUT2D eigenvalue weighted by Gasteiger charge is 2.41. The molecular weight excluding hydrogens is 590 g/mol. The topological polar surface area (TPSA) is 79.7 Å². The average Bonchev–Trinajstić information content (AvgIpc) is 2.99. The fraction of sp³-hybridized carbons (Fsp3) is 0.281. The average molecular weight is 617 g/mol. The molecule has 0 aliphatic carbocycles. The van der Waals surface area contributed by atoms with Crippen LogP contribution in [0.5, 0.6) is 0 Å². The lowest BCUT2D eigenvalue weighted by Gasteiger charge is -2.33. The van der Waals surface area contributed by atoms with E-state index in [1.54, 1.807) is 6.20 Å². The second kappa shape index (κ2) is 12.3. The summed E-state index contributed by atoms with van der Waals surface area (Å²) >= 11 is 0. The van der Waals surface area contributed by atoms with Crippen LogP contribution in [-0.2, 0) is 30.1 Å². The molecule has 1 aromatic heterocycles. The predicted octanol–water partition coefficient (Wildman–Crippen LogP) is 7.38. The molecule has 0 unspecified atom stereocenters. The monoisotopic (exact) mass is 616 g/mol. The number of nitrogens with zero attached hydrogens (tertiary/aromatic N) is 2. The molecule has 1 aliphatic rings.